The molecule has 9 aromatic carbocycles. The Morgan fingerprint density at radius 3 is 0.955 bits per heavy atom. The van der Waals surface area contributed by atoms with Crippen molar-refractivity contribution in [1.29, 1.82) is 0 Å². The number of aromatic nitrogens is 6. The molecule has 3 aromatic heterocycles. The fourth-order valence-corrected chi connectivity index (χ4v) is 9.11. The summed E-state index contributed by atoms with van der Waals surface area (Å²) in [5.74, 6) is 1.84. The number of aryl methyl sites for hydroxylation is 2. The minimum atomic E-state index is 0.847. The van der Waals surface area contributed by atoms with Crippen molar-refractivity contribution in [2.24, 2.45) is 0 Å². The lowest BCUT2D eigenvalue weighted by atomic mass is 9.97. The molecule has 0 N–H and O–H groups in total. The molecule has 0 aliphatic heterocycles. The Labute approximate surface area is 382 Å². The van der Waals surface area contributed by atoms with Gasteiger partial charge in [0.25, 0.3) is 0 Å². The van der Waals surface area contributed by atoms with Gasteiger partial charge in [0.2, 0.25) is 0 Å². The van der Waals surface area contributed by atoms with E-state index in [1.54, 1.807) is 0 Å². The van der Waals surface area contributed by atoms with E-state index in [1.807, 2.05) is 36.4 Å². The summed E-state index contributed by atoms with van der Waals surface area (Å²) in [6.07, 6.45) is 0. The van der Waals surface area contributed by atoms with E-state index in [0.29, 0.717) is 0 Å². The zero-order valence-electron chi connectivity index (χ0n) is 36.5. The van der Waals surface area contributed by atoms with Gasteiger partial charge in [-0.1, -0.05) is 158 Å². The van der Waals surface area contributed by atoms with Gasteiger partial charge in [0, 0.05) is 33.6 Å². The maximum Gasteiger partial charge on any atom is 0.145 e. The molecule has 312 valence electrons. The molecule has 66 heavy (non-hydrogen) atoms. The molecule has 0 saturated carbocycles. The second-order valence-corrected chi connectivity index (χ2v) is 16.9. The molecule has 0 radical (unpaired) electrons. The van der Waals surface area contributed by atoms with Crippen LogP contribution in [0.3, 0.4) is 0 Å². The molecule has 0 saturated heterocycles. The number of hydrogen-bond donors (Lipinski definition) is 0. The van der Waals surface area contributed by atoms with Gasteiger partial charge in [0.05, 0.1) is 44.5 Å². The first-order chi connectivity index (χ1) is 32.5. The summed E-state index contributed by atoms with van der Waals surface area (Å²) in [7, 11) is 0. The number of fused-ring (bicyclic) bond motifs is 3. The molecule has 0 spiro atoms. The Kier molecular flexibility index (Phi) is 9.50. The van der Waals surface area contributed by atoms with Gasteiger partial charge in [0.1, 0.15) is 11.6 Å². The average molecular weight is 847 g/mol. The summed E-state index contributed by atoms with van der Waals surface area (Å²) in [6.45, 7) is 4.22. The van der Waals surface area contributed by atoms with Gasteiger partial charge in [-0.2, -0.15) is 0 Å². The van der Waals surface area contributed by atoms with Crippen LogP contribution in [0.25, 0.3) is 112 Å². The second-order valence-electron chi connectivity index (χ2n) is 16.9. The van der Waals surface area contributed by atoms with Gasteiger partial charge >= 0.3 is 0 Å². The third-order valence-electron chi connectivity index (χ3n) is 12.5. The van der Waals surface area contributed by atoms with Crippen LogP contribution in [0, 0.1) is 13.8 Å². The molecular weight excluding hydrogens is 805 g/mol. The number of benzene rings is 9. The SMILES string of the molecule is Cc1ccc2c(c1)nc(-c1ccc(-c3ccc(-c4nc5ccccc5nc4-c4ccc(-c5ccc(-c6nc7cc(C)ccc7n6-c6ccccc6)cc5)cc4)cc3)cc1)n2-c1ccccc1. The minimum absolute atomic E-state index is 0.847. The summed E-state index contributed by atoms with van der Waals surface area (Å²) < 4.78 is 4.50. The molecule has 0 amide bonds. The summed E-state index contributed by atoms with van der Waals surface area (Å²) in [6, 6.07) is 76.7. The number of hydrogen-bond acceptors (Lipinski definition) is 4. The fraction of sp³-hybridized carbons (Fsp3) is 0.0333. The van der Waals surface area contributed by atoms with Crippen molar-refractivity contribution in [3.05, 3.63) is 230 Å². The summed E-state index contributed by atoms with van der Waals surface area (Å²) in [5, 5.41) is 0. The van der Waals surface area contributed by atoms with Gasteiger partial charge in [-0.05, 0) is 108 Å². The summed E-state index contributed by atoms with van der Waals surface area (Å²) in [4.78, 5) is 20.7. The van der Waals surface area contributed by atoms with Gasteiger partial charge in [-0.3, -0.25) is 9.13 Å². The predicted octanol–water partition coefficient (Wildman–Crippen LogP) is 14.9. The first-order valence-corrected chi connectivity index (χ1v) is 22.3. The highest BCUT2D eigenvalue weighted by atomic mass is 15.1. The molecule has 0 unspecified atom stereocenters. The lowest BCUT2D eigenvalue weighted by Crippen LogP contribution is -1.97. The summed E-state index contributed by atoms with van der Waals surface area (Å²) >= 11 is 0. The van der Waals surface area contributed by atoms with E-state index in [2.05, 4.69) is 205 Å². The maximum atomic E-state index is 5.21. The molecule has 0 aliphatic rings. The molecule has 0 fully saturated rings. The van der Waals surface area contributed by atoms with Crippen LogP contribution in [0.5, 0.6) is 0 Å². The van der Waals surface area contributed by atoms with Crippen molar-refractivity contribution >= 4 is 33.1 Å². The number of nitrogens with zero attached hydrogens (tertiary/aromatic N) is 6. The highest BCUT2D eigenvalue weighted by Crippen LogP contribution is 2.36. The van der Waals surface area contributed by atoms with E-state index in [9.17, 15) is 0 Å². The predicted molar refractivity (Wildman–Crippen MR) is 271 cm³/mol. The van der Waals surface area contributed by atoms with Crippen molar-refractivity contribution in [1.82, 2.24) is 29.1 Å². The highest BCUT2D eigenvalue weighted by Gasteiger charge is 2.18. The Hall–Kier alpha value is -8.74. The molecule has 0 bridgehead atoms. The maximum absolute atomic E-state index is 5.21. The largest absolute Gasteiger partial charge is 0.292 e. The van der Waals surface area contributed by atoms with Crippen LogP contribution in [-0.2, 0) is 0 Å². The number of para-hydroxylation sites is 4. The van der Waals surface area contributed by atoms with Crippen molar-refractivity contribution in [3.63, 3.8) is 0 Å². The van der Waals surface area contributed by atoms with Gasteiger partial charge in [-0.15, -0.1) is 0 Å². The van der Waals surface area contributed by atoms with Crippen LogP contribution in [0.1, 0.15) is 11.1 Å². The lowest BCUT2D eigenvalue weighted by molar-refractivity contribution is 1.10. The molecule has 0 atom stereocenters. The molecular formula is C60H42N6. The van der Waals surface area contributed by atoms with E-state index in [-0.39, 0.29) is 0 Å². The third-order valence-corrected chi connectivity index (χ3v) is 12.5. The van der Waals surface area contributed by atoms with Gasteiger partial charge in [0.15, 0.2) is 0 Å². The molecule has 6 nitrogen and oxygen atoms in total. The molecule has 0 aliphatic carbocycles. The fourth-order valence-electron chi connectivity index (χ4n) is 9.11. The highest BCUT2D eigenvalue weighted by molar-refractivity contribution is 5.89. The first-order valence-electron chi connectivity index (χ1n) is 22.3. The zero-order valence-corrected chi connectivity index (χ0v) is 36.5. The number of imidazole rings is 2. The Morgan fingerprint density at radius 2 is 0.591 bits per heavy atom. The normalized spacial score (nSPS) is 11.5. The van der Waals surface area contributed by atoms with E-state index in [1.165, 1.54) is 11.1 Å². The van der Waals surface area contributed by atoms with Crippen LogP contribution >= 0.6 is 0 Å². The van der Waals surface area contributed by atoms with E-state index >= 15 is 0 Å². The van der Waals surface area contributed by atoms with E-state index in [4.69, 9.17) is 19.9 Å². The van der Waals surface area contributed by atoms with Crippen LogP contribution in [0.4, 0.5) is 0 Å². The van der Waals surface area contributed by atoms with Crippen LogP contribution in [0.2, 0.25) is 0 Å². The first kappa shape index (κ1) is 38.9. The van der Waals surface area contributed by atoms with Gasteiger partial charge in [-0.25, -0.2) is 19.9 Å². The number of rotatable bonds is 8. The van der Waals surface area contributed by atoms with Crippen LogP contribution < -0.4 is 0 Å². The Morgan fingerprint density at radius 1 is 0.273 bits per heavy atom. The van der Waals surface area contributed by atoms with E-state index in [0.717, 1.165) is 112 Å². The van der Waals surface area contributed by atoms with Crippen molar-refractivity contribution in [2.75, 3.05) is 0 Å². The standard InChI is InChI=1S/C60H42N6/c1-39-17-35-55-53(37-39)63-59(65(55)49-11-5-3-6-12-49)47-31-23-43(24-32-47)41-19-27-45(28-20-41)57-58(62-52-16-10-9-15-51(52)61-57)46-29-21-42(22-30-46)44-25-33-48(34-26-44)60-64-54-38-40(2)18-36-56(54)66(60)50-13-7-4-8-14-50/h3-38H,1-2H3. The van der Waals surface area contributed by atoms with Crippen molar-refractivity contribution in [2.45, 2.75) is 13.8 Å². The van der Waals surface area contributed by atoms with Gasteiger partial charge < -0.3 is 0 Å². The smallest absolute Gasteiger partial charge is 0.145 e. The van der Waals surface area contributed by atoms with Crippen LogP contribution in [-0.4, -0.2) is 29.1 Å². The van der Waals surface area contributed by atoms with Crippen molar-refractivity contribution in [3.8, 4) is 78.9 Å². The minimum Gasteiger partial charge on any atom is -0.292 e. The molecule has 12 rings (SSSR count). The van der Waals surface area contributed by atoms with Crippen LogP contribution in [0.15, 0.2) is 218 Å². The lowest BCUT2D eigenvalue weighted by Gasteiger charge is -2.13. The Bertz CT molecular complexity index is 3470. The average Bonchev–Trinajstić information content (AvgIpc) is 3.95. The molecule has 12 aromatic rings. The topological polar surface area (TPSA) is 61.4 Å². The molecule has 6 heteroatoms. The zero-order chi connectivity index (χ0) is 44.1. The van der Waals surface area contributed by atoms with E-state index < -0.39 is 0 Å². The second kappa shape index (κ2) is 16.1. The third kappa shape index (κ3) is 7.02. The monoisotopic (exact) mass is 846 g/mol. The van der Waals surface area contributed by atoms with Crippen molar-refractivity contribution < 1.29 is 0 Å². The quantitative estimate of drug-likeness (QED) is 0.153. The molecule has 3 heterocycles. The Balaban J connectivity index is 0.841. The summed E-state index contributed by atoms with van der Waals surface area (Å²) in [5.41, 5.74) is 20.7.